The summed E-state index contributed by atoms with van der Waals surface area (Å²) in [7, 11) is 0. The van der Waals surface area contributed by atoms with Crippen LogP contribution in [0.25, 0.3) is 0 Å². The summed E-state index contributed by atoms with van der Waals surface area (Å²) < 4.78 is 12.6. The second-order valence-electron chi connectivity index (χ2n) is 11.1. The molecule has 0 radical (unpaired) electrons. The van der Waals surface area contributed by atoms with Gasteiger partial charge in [-0.3, -0.25) is 4.79 Å². The molecule has 1 aromatic heterocycles. The van der Waals surface area contributed by atoms with Crippen molar-refractivity contribution in [1.29, 1.82) is 0 Å². The van der Waals surface area contributed by atoms with Gasteiger partial charge in [0.2, 0.25) is 5.51 Å². The topological polar surface area (TPSA) is 68.5 Å². The Hall–Kier alpha value is -1.60. The van der Waals surface area contributed by atoms with Gasteiger partial charge in [0, 0.05) is 19.4 Å². The number of thiazole rings is 1. The van der Waals surface area contributed by atoms with Gasteiger partial charge in [-0.15, -0.1) is 0 Å². The van der Waals surface area contributed by atoms with Crippen molar-refractivity contribution in [3.05, 3.63) is 29.2 Å². The average Bonchev–Trinajstić information content (AvgIpc) is 3.48. The zero-order valence-corrected chi connectivity index (χ0v) is 27.6. The van der Waals surface area contributed by atoms with Crippen LogP contribution >= 0.6 is 11.3 Å². The highest BCUT2D eigenvalue weighted by molar-refractivity contribution is 7.07. The molecule has 1 rings (SSSR count). The SMILES string of the molecule is C=C(COC(=O)CCCCCC[n+]1ccsc1)COC(=O)NCCCCCCCCCCCCCCCCCC.[Cl-]. The van der Waals surface area contributed by atoms with E-state index in [-0.39, 0.29) is 31.6 Å². The van der Waals surface area contributed by atoms with E-state index in [4.69, 9.17) is 9.47 Å². The molecule has 1 heterocycles. The summed E-state index contributed by atoms with van der Waals surface area (Å²) in [5, 5.41) is 4.87. The lowest BCUT2D eigenvalue weighted by atomic mass is 10.0. The minimum absolute atomic E-state index is 0. The molecule has 0 aliphatic heterocycles. The number of esters is 1. The number of carbonyl (C=O) groups excluding carboxylic acids is 2. The molecular formula is C33H59ClN2O4S. The fourth-order valence-electron chi connectivity index (χ4n) is 4.68. The number of ether oxygens (including phenoxy) is 2. The standard InChI is InChI=1S/C33H58N2O4S.ClH/c1-3-4-5-6-7-8-9-10-11-12-13-14-15-16-18-21-24-34-33(37)39-29-31(2)28-38-32(36)23-20-17-19-22-25-35-26-27-40-30-35;/h26-27,30H,2-25,28-29H2,1H3;1H. The van der Waals surface area contributed by atoms with Crippen LogP contribution in [0.15, 0.2) is 29.2 Å². The molecule has 6 nitrogen and oxygen atoms in total. The molecule has 1 aromatic rings. The quantitative estimate of drug-likeness (QED) is 0.0538. The number of aromatic nitrogens is 1. The fraction of sp³-hybridized carbons (Fsp3) is 0.788. The first-order valence-electron chi connectivity index (χ1n) is 16.3. The van der Waals surface area contributed by atoms with E-state index < -0.39 is 6.09 Å². The first kappa shape index (κ1) is 39.4. The summed E-state index contributed by atoms with van der Waals surface area (Å²) in [6.07, 6.45) is 27.5. The van der Waals surface area contributed by atoms with Gasteiger partial charge in [0.25, 0.3) is 0 Å². The lowest BCUT2D eigenvalue weighted by Gasteiger charge is -2.10. The number of halogens is 1. The number of nitrogens with one attached hydrogen (secondary N) is 1. The van der Waals surface area contributed by atoms with Crippen LogP contribution in [0.4, 0.5) is 4.79 Å². The molecule has 1 N–H and O–H groups in total. The maximum absolute atomic E-state index is 11.9. The van der Waals surface area contributed by atoms with Crippen LogP contribution in [0.1, 0.15) is 142 Å². The largest absolute Gasteiger partial charge is 1.00 e. The number of hydrogen-bond acceptors (Lipinski definition) is 5. The number of alkyl carbamates (subject to hydrolysis) is 1. The lowest BCUT2D eigenvalue weighted by Crippen LogP contribution is -3.00. The van der Waals surface area contributed by atoms with Gasteiger partial charge in [-0.05, 0) is 24.8 Å². The van der Waals surface area contributed by atoms with Crippen molar-refractivity contribution in [3.8, 4) is 0 Å². The molecule has 0 saturated carbocycles. The van der Waals surface area contributed by atoms with E-state index in [1.54, 1.807) is 11.3 Å². The summed E-state index contributed by atoms with van der Waals surface area (Å²) in [5.74, 6) is -0.221. The third-order valence-electron chi connectivity index (χ3n) is 7.22. The number of nitrogens with zero attached hydrogens (tertiary/aromatic N) is 1. The fourth-order valence-corrected chi connectivity index (χ4v) is 5.31. The molecule has 1 amide bonds. The molecule has 0 unspecified atom stereocenters. The number of amides is 1. The molecule has 41 heavy (non-hydrogen) atoms. The maximum Gasteiger partial charge on any atom is 0.407 e. The Labute approximate surface area is 261 Å². The minimum atomic E-state index is -0.436. The van der Waals surface area contributed by atoms with E-state index in [2.05, 4.69) is 40.5 Å². The third kappa shape index (κ3) is 27.0. The van der Waals surface area contributed by atoms with Crippen LogP contribution in [-0.2, 0) is 20.8 Å². The van der Waals surface area contributed by atoms with Crippen molar-refractivity contribution in [1.82, 2.24) is 5.32 Å². The van der Waals surface area contributed by atoms with Gasteiger partial charge in [-0.25, -0.2) is 4.79 Å². The zero-order valence-electron chi connectivity index (χ0n) is 26.0. The summed E-state index contributed by atoms with van der Waals surface area (Å²) in [5.41, 5.74) is 2.69. The van der Waals surface area contributed by atoms with E-state index in [1.807, 2.05) is 0 Å². The van der Waals surface area contributed by atoms with E-state index >= 15 is 0 Å². The molecular weight excluding hydrogens is 556 g/mol. The van der Waals surface area contributed by atoms with Gasteiger partial charge in [-0.2, -0.15) is 4.57 Å². The molecule has 0 fully saturated rings. The summed E-state index contributed by atoms with van der Waals surface area (Å²) in [6, 6.07) is 0. The number of carbonyl (C=O) groups is 2. The summed E-state index contributed by atoms with van der Waals surface area (Å²) in [4.78, 5) is 23.8. The van der Waals surface area contributed by atoms with Crippen LogP contribution in [-0.4, -0.2) is 31.8 Å². The smallest absolute Gasteiger partial charge is 0.407 e. The first-order valence-corrected chi connectivity index (χ1v) is 17.2. The van der Waals surface area contributed by atoms with E-state index in [0.29, 0.717) is 18.5 Å². The number of aryl methyl sites for hydroxylation is 1. The predicted octanol–water partition coefficient (Wildman–Crippen LogP) is 6.08. The monoisotopic (exact) mass is 614 g/mol. The highest BCUT2D eigenvalue weighted by atomic mass is 35.5. The maximum atomic E-state index is 11.9. The van der Waals surface area contributed by atoms with Crippen molar-refractivity contribution >= 4 is 23.4 Å². The first-order chi connectivity index (χ1) is 19.6. The summed E-state index contributed by atoms with van der Waals surface area (Å²) in [6.45, 7) is 7.94. The second kappa shape index (κ2) is 29.9. The normalized spacial score (nSPS) is 10.7. The van der Waals surface area contributed by atoms with Crippen LogP contribution in [0.5, 0.6) is 0 Å². The Morgan fingerprint density at radius 3 is 1.80 bits per heavy atom. The third-order valence-corrected chi connectivity index (χ3v) is 7.89. The number of hydrogen-bond donors (Lipinski definition) is 1. The van der Waals surface area contributed by atoms with Crippen molar-refractivity contribution in [2.24, 2.45) is 0 Å². The molecule has 0 spiro atoms. The van der Waals surface area contributed by atoms with E-state index in [0.717, 1.165) is 45.1 Å². The molecule has 0 aliphatic carbocycles. The van der Waals surface area contributed by atoms with Crippen LogP contribution in [0, 0.1) is 0 Å². The Kier molecular flexibility index (Phi) is 28.7. The number of rotatable bonds is 28. The van der Waals surface area contributed by atoms with E-state index in [1.165, 1.54) is 89.9 Å². The Morgan fingerprint density at radius 1 is 0.732 bits per heavy atom. The van der Waals surface area contributed by atoms with Crippen LogP contribution in [0.3, 0.4) is 0 Å². The highest BCUT2D eigenvalue weighted by Crippen LogP contribution is 2.13. The molecule has 8 heteroatoms. The van der Waals surface area contributed by atoms with Crippen molar-refractivity contribution in [2.45, 2.75) is 148 Å². The summed E-state index contributed by atoms with van der Waals surface area (Å²) >= 11 is 1.70. The molecule has 0 aliphatic rings. The van der Waals surface area contributed by atoms with Gasteiger partial charge in [0.15, 0.2) is 6.20 Å². The van der Waals surface area contributed by atoms with Crippen molar-refractivity contribution < 1.29 is 36.0 Å². The van der Waals surface area contributed by atoms with Gasteiger partial charge in [0.1, 0.15) is 19.8 Å². The van der Waals surface area contributed by atoms with E-state index in [9.17, 15) is 9.59 Å². The van der Waals surface area contributed by atoms with Gasteiger partial charge < -0.3 is 27.2 Å². The predicted molar refractivity (Wildman–Crippen MR) is 167 cm³/mol. The molecule has 238 valence electrons. The zero-order chi connectivity index (χ0) is 28.9. The van der Waals surface area contributed by atoms with Gasteiger partial charge in [0.05, 0.1) is 5.38 Å². The molecule has 0 saturated heterocycles. The highest BCUT2D eigenvalue weighted by Gasteiger charge is 2.07. The second-order valence-corrected chi connectivity index (χ2v) is 11.9. The Balaban J connectivity index is 0.0000160. The van der Waals surface area contributed by atoms with Crippen molar-refractivity contribution in [2.75, 3.05) is 19.8 Å². The molecule has 0 bridgehead atoms. The Morgan fingerprint density at radius 2 is 1.24 bits per heavy atom. The van der Waals surface area contributed by atoms with Gasteiger partial charge in [-0.1, -0.05) is 128 Å². The average molecular weight is 615 g/mol. The minimum Gasteiger partial charge on any atom is -1.00 e. The Bertz CT molecular complexity index is 746. The molecule has 0 atom stereocenters. The lowest BCUT2D eigenvalue weighted by molar-refractivity contribution is -0.692. The van der Waals surface area contributed by atoms with Gasteiger partial charge >= 0.3 is 12.1 Å². The number of unbranched alkanes of at least 4 members (excludes halogenated alkanes) is 18. The molecule has 0 aromatic carbocycles. The van der Waals surface area contributed by atoms with Crippen LogP contribution < -0.4 is 22.3 Å². The van der Waals surface area contributed by atoms with Crippen LogP contribution in [0.2, 0.25) is 0 Å². The van der Waals surface area contributed by atoms with Crippen molar-refractivity contribution in [3.63, 3.8) is 0 Å².